The van der Waals surface area contributed by atoms with Crippen molar-refractivity contribution in [2.24, 2.45) is 5.10 Å². The molecule has 0 unspecified atom stereocenters. The molecule has 13 heavy (non-hydrogen) atoms. The Morgan fingerprint density at radius 1 is 1.23 bits per heavy atom. The second-order valence-corrected chi connectivity index (χ2v) is 3.39. The van der Waals surface area contributed by atoms with Gasteiger partial charge in [-0.05, 0) is 24.3 Å². The van der Waals surface area contributed by atoms with Crippen molar-refractivity contribution in [3.63, 3.8) is 0 Å². The lowest BCUT2D eigenvalue weighted by Gasteiger charge is -2.08. The molecular formula is C9H7BrN2O. The molecule has 1 heterocycles. The summed E-state index contributed by atoms with van der Waals surface area (Å²) in [6.07, 6.45) is 3.19. The Hall–Kier alpha value is -1.29. The molecule has 0 spiro atoms. The van der Waals surface area contributed by atoms with E-state index in [4.69, 9.17) is 4.74 Å². The first-order valence-electron chi connectivity index (χ1n) is 3.77. The Labute approximate surface area is 84.2 Å². The van der Waals surface area contributed by atoms with E-state index >= 15 is 0 Å². The van der Waals surface area contributed by atoms with E-state index in [9.17, 15) is 0 Å². The quantitative estimate of drug-likeness (QED) is 0.814. The second-order valence-electron chi connectivity index (χ2n) is 2.47. The van der Waals surface area contributed by atoms with Gasteiger partial charge in [0, 0.05) is 10.0 Å². The maximum Gasteiger partial charge on any atom is 0.243 e. The number of nitrogens with zero attached hydrogens (tertiary/aromatic N) is 1. The molecule has 0 saturated heterocycles. The maximum absolute atomic E-state index is 5.20. The lowest BCUT2D eigenvalue weighted by Crippen LogP contribution is -2.12. The second kappa shape index (κ2) is 3.62. The van der Waals surface area contributed by atoms with E-state index in [0.717, 1.165) is 10.0 Å². The summed E-state index contributed by atoms with van der Waals surface area (Å²) in [6.45, 7) is 0. The molecule has 66 valence electrons. The highest BCUT2D eigenvalue weighted by Gasteiger charge is 2.05. The summed E-state index contributed by atoms with van der Waals surface area (Å²) < 4.78 is 6.23. The highest BCUT2D eigenvalue weighted by Crippen LogP contribution is 2.12. The van der Waals surface area contributed by atoms with Crippen LogP contribution in [0.25, 0.3) is 0 Å². The minimum absolute atomic E-state index is 0.579. The average Bonchev–Trinajstić information content (AvgIpc) is 2.20. The van der Waals surface area contributed by atoms with E-state index in [1.54, 1.807) is 12.5 Å². The van der Waals surface area contributed by atoms with Gasteiger partial charge in [-0.2, -0.15) is 0 Å². The fourth-order valence-electron chi connectivity index (χ4n) is 0.976. The van der Waals surface area contributed by atoms with Gasteiger partial charge in [-0.3, -0.25) is 5.43 Å². The monoisotopic (exact) mass is 238 g/mol. The molecule has 1 aliphatic rings. The van der Waals surface area contributed by atoms with Gasteiger partial charge in [0.25, 0.3) is 0 Å². The third kappa shape index (κ3) is 1.89. The van der Waals surface area contributed by atoms with Crippen LogP contribution < -0.4 is 5.43 Å². The number of benzene rings is 1. The molecule has 3 nitrogen and oxygen atoms in total. The molecule has 0 atom stereocenters. The Balaban J connectivity index is 2.25. The van der Waals surface area contributed by atoms with E-state index < -0.39 is 0 Å². The zero-order chi connectivity index (χ0) is 9.10. The Bertz CT molecular complexity index is 356. The van der Waals surface area contributed by atoms with Gasteiger partial charge in [-0.1, -0.05) is 15.9 Å². The lowest BCUT2D eigenvalue weighted by atomic mass is 10.2. The summed E-state index contributed by atoms with van der Waals surface area (Å²) in [6, 6.07) is 7.76. The molecule has 4 heteroatoms. The Morgan fingerprint density at radius 2 is 2.00 bits per heavy atom. The van der Waals surface area contributed by atoms with Crippen LogP contribution in [0.2, 0.25) is 0 Å². The average molecular weight is 239 g/mol. The van der Waals surface area contributed by atoms with Crippen LogP contribution >= 0.6 is 15.9 Å². The summed E-state index contributed by atoms with van der Waals surface area (Å²) in [5, 5.41) is 3.97. The first-order chi connectivity index (χ1) is 6.36. The van der Waals surface area contributed by atoms with E-state index in [2.05, 4.69) is 26.5 Å². The largest absolute Gasteiger partial charge is 0.443 e. The van der Waals surface area contributed by atoms with E-state index in [0.29, 0.717) is 5.90 Å². The molecule has 1 aromatic carbocycles. The van der Waals surface area contributed by atoms with E-state index in [1.165, 1.54) is 0 Å². The van der Waals surface area contributed by atoms with Gasteiger partial charge in [0.05, 0.1) is 6.20 Å². The van der Waals surface area contributed by atoms with Crippen LogP contribution in [-0.2, 0) is 4.74 Å². The smallest absolute Gasteiger partial charge is 0.243 e. The molecule has 0 aromatic heterocycles. The van der Waals surface area contributed by atoms with Gasteiger partial charge in [-0.15, -0.1) is 5.10 Å². The Morgan fingerprint density at radius 3 is 2.62 bits per heavy atom. The van der Waals surface area contributed by atoms with Crippen molar-refractivity contribution in [1.29, 1.82) is 0 Å². The predicted molar refractivity (Wildman–Crippen MR) is 54.0 cm³/mol. The SMILES string of the molecule is Brc1ccc(C2=NNC=CO2)cc1. The van der Waals surface area contributed by atoms with Crippen LogP contribution in [0.4, 0.5) is 0 Å². The molecular weight excluding hydrogens is 232 g/mol. The van der Waals surface area contributed by atoms with E-state index in [1.807, 2.05) is 24.3 Å². The van der Waals surface area contributed by atoms with Crippen molar-refractivity contribution >= 4 is 21.8 Å². The zero-order valence-corrected chi connectivity index (χ0v) is 8.28. The van der Waals surface area contributed by atoms with Crippen LogP contribution in [-0.4, -0.2) is 5.90 Å². The van der Waals surface area contributed by atoms with Gasteiger partial charge in [0.2, 0.25) is 5.90 Å². The number of hydrogen-bond acceptors (Lipinski definition) is 3. The number of rotatable bonds is 1. The van der Waals surface area contributed by atoms with E-state index in [-0.39, 0.29) is 0 Å². The molecule has 0 radical (unpaired) electrons. The van der Waals surface area contributed by atoms with Crippen molar-refractivity contribution in [1.82, 2.24) is 5.43 Å². The molecule has 1 aliphatic heterocycles. The standard InChI is InChI=1S/C9H7BrN2O/c10-8-3-1-7(2-4-8)9-12-11-5-6-13-9/h1-6,11H. The van der Waals surface area contributed by atoms with Gasteiger partial charge < -0.3 is 4.74 Å². The molecule has 1 N–H and O–H groups in total. The predicted octanol–water partition coefficient (Wildman–Crippen LogP) is 2.20. The highest BCUT2D eigenvalue weighted by molar-refractivity contribution is 9.10. The number of nitrogens with one attached hydrogen (secondary N) is 1. The summed E-state index contributed by atoms with van der Waals surface area (Å²) >= 11 is 3.36. The van der Waals surface area contributed by atoms with Crippen LogP contribution in [0.1, 0.15) is 5.56 Å². The number of ether oxygens (including phenoxy) is 1. The molecule has 2 rings (SSSR count). The molecule has 0 bridgehead atoms. The third-order valence-electron chi connectivity index (χ3n) is 1.58. The fraction of sp³-hybridized carbons (Fsp3) is 0. The highest BCUT2D eigenvalue weighted by atomic mass is 79.9. The summed E-state index contributed by atoms with van der Waals surface area (Å²) in [4.78, 5) is 0. The molecule has 0 amide bonds. The first kappa shape index (κ1) is 8.31. The summed E-state index contributed by atoms with van der Waals surface area (Å²) in [7, 11) is 0. The van der Waals surface area contributed by atoms with Crippen molar-refractivity contribution in [2.45, 2.75) is 0 Å². The Kier molecular flexibility index (Phi) is 2.31. The number of hydrazone groups is 1. The van der Waals surface area contributed by atoms with Crippen LogP contribution in [0, 0.1) is 0 Å². The minimum Gasteiger partial charge on any atom is -0.443 e. The van der Waals surface area contributed by atoms with Gasteiger partial charge in [0.15, 0.2) is 0 Å². The van der Waals surface area contributed by atoms with Crippen molar-refractivity contribution in [3.05, 3.63) is 46.8 Å². The van der Waals surface area contributed by atoms with Crippen LogP contribution in [0.3, 0.4) is 0 Å². The normalized spacial score (nSPS) is 14.4. The lowest BCUT2D eigenvalue weighted by molar-refractivity contribution is 0.450. The van der Waals surface area contributed by atoms with Crippen LogP contribution in [0.5, 0.6) is 0 Å². The number of halogens is 1. The minimum atomic E-state index is 0.579. The topological polar surface area (TPSA) is 33.6 Å². The zero-order valence-electron chi connectivity index (χ0n) is 6.70. The first-order valence-corrected chi connectivity index (χ1v) is 4.56. The number of hydrogen-bond donors (Lipinski definition) is 1. The molecule has 0 saturated carbocycles. The van der Waals surface area contributed by atoms with Crippen molar-refractivity contribution in [3.8, 4) is 0 Å². The van der Waals surface area contributed by atoms with Crippen molar-refractivity contribution < 1.29 is 4.74 Å². The van der Waals surface area contributed by atoms with Gasteiger partial charge in [0.1, 0.15) is 6.26 Å². The van der Waals surface area contributed by atoms with Crippen LogP contribution in [0.15, 0.2) is 46.3 Å². The molecule has 1 aromatic rings. The molecule has 0 fully saturated rings. The van der Waals surface area contributed by atoms with Crippen molar-refractivity contribution in [2.75, 3.05) is 0 Å². The maximum atomic E-state index is 5.20. The fourth-order valence-corrected chi connectivity index (χ4v) is 1.24. The summed E-state index contributed by atoms with van der Waals surface area (Å²) in [5.41, 5.74) is 3.66. The van der Waals surface area contributed by atoms with Gasteiger partial charge >= 0.3 is 0 Å². The third-order valence-corrected chi connectivity index (χ3v) is 2.11. The summed E-state index contributed by atoms with van der Waals surface area (Å²) in [5.74, 6) is 0.579. The molecule has 0 aliphatic carbocycles. The van der Waals surface area contributed by atoms with Gasteiger partial charge in [-0.25, -0.2) is 0 Å².